The summed E-state index contributed by atoms with van der Waals surface area (Å²) < 4.78 is 34.5. The fourth-order valence-electron chi connectivity index (χ4n) is 3.31. The Morgan fingerprint density at radius 2 is 2.05 bits per heavy atom. The standard InChI is InChI=1S/C15H20F2N2O2/c1-20-13-3-2-11(8-14(13)21-15(16)17)18-12-5-7-19-6-4-10(12)9-19/h2-3,8,10,12,15,18H,4-7,9H2,1H3. The van der Waals surface area contributed by atoms with Crippen molar-refractivity contribution in [3.63, 3.8) is 0 Å². The zero-order valence-electron chi connectivity index (χ0n) is 12.0. The molecule has 2 aliphatic heterocycles. The molecule has 6 heteroatoms. The molecule has 2 aliphatic rings. The minimum atomic E-state index is -2.85. The summed E-state index contributed by atoms with van der Waals surface area (Å²) in [5.74, 6) is 1.03. The Bertz CT molecular complexity index is 499. The Hall–Kier alpha value is -1.56. The molecule has 1 aromatic rings. The van der Waals surface area contributed by atoms with Crippen molar-refractivity contribution in [2.24, 2.45) is 5.92 Å². The van der Waals surface area contributed by atoms with Crippen molar-refractivity contribution in [3.8, 4) is 11.5 Å². The van der Waals surface area contributed by atoms with Crippen LogP contribution in [0.2, 0.25) is 0 Å². The fraction of sp³-hybridized carbons (Fsp3) is 0.600. The highest BCUT2D eigenvalue weighted by Crippen LogP contribution is 2.34. The van der Waals surface area contributed by atoms with E-state index in [1.807, 2.05) is 6.07 Å². The number of methoxy groups -OCH3 is 1. The third-order valence-corrected chi connectivity index (χ3v) is 4.37. The third kappa shape index (κ3) is 3.20. The van der Waals surface area contributed by atoms with Crippen LogP contribution in [0.25, 0.3) is 0 Å². The summed E-state index contributed by atoms with van der Waals surface area (Å²) in [7, 11) is 1.44. The minimum Gasteiger partial charge on any atom is -0.493 e. The number of hydrogen-bond acceptors (Lipinski definition) is 4. The Balaban J connectivity index is 1.72. The molecule has 2 bridgehead atoms. The molecule has 2 heterocycles. The lowest BCUT2D eigenvalue weighted by Gasteiger charge is -2.31. The molecule has 4 nitrogen and oxygen atoms in total. The summed E-state index contributed by atoms with van der Waals surface area (Å²) in [4.78, 5) is 2.47. The van der Waals surface area contributed by atoms with Gasteiger partial charge in [-0.1, -0.05) is 0 Å². The van der Waals surface area contributed by atoms with Crippen LogP contribution in [0, 0.1) is 5.92 Å². The predicted octanol–water partition coefficient (Wildman–Crippen LogP) is 2.80. The number of piperidine rings is 1. The van der Waals surface area contributed by atoms with E-state index in [0.717, 1.165) is 25.2 Å². The largest absolute Gasteiger partial charge is 0.493 e. The summed E-state index contributed by atoms with van der Waals surface area (Å²) >= 11 is 0. The maximum atomic E-state index is 12.4. The van der Waals surface area contributed by atoms with Crippen LogP contribution in [0.1, 0.15) is 12.8 Å². The zero-order chi connectivity index (χ0) is 14.8. The van der Waals surface area contributed by atoms with E-state index in [9.17, 15) is 8.78 Å². The van der Waals surface area contributed by atoms with Crippen molar-refractivity contribution in [1.29, 1.82) is 0 Å². The predicted molar refractivity (Wildman–Crippen MR) is 76.2 cm³/mol. The van der Waals surface area contributed by atoms with Crippen LogP contribution in [0.4, 0.5) is 14.5 Å². The zero-order valence-corrected chi connectivity index (χ0v) is 12.0. The number of ether oxygens (including phenoxy) is 2. The van der Waals surface area contributed by atoms with Gasteiger partial charge < -0.3 is 19.7 Å². The van der Waals surface area contributed by atoms with Gasteiger partial charge in [0.05, 0.1) is 7.11 Å². The Morgan fingerprint density at radius 3 is 2.81 bits per heavy atom. The van der Waals surface area contributed by atoms with Crippen LogP contribution in [0.3, 0.4) is 0 Å². The maximum Gasteiger partial charge on any atom is 0.387 e. The number of fused-ring (bicyclic) bond motifs is 2. The SMILES string of the molecule is COc1ccc(NC2CCN3CCC2C3)cc1OC(F)F. The average molecular weight is 298 g/mol. The average Bonchev–Trinajstić information content (AvgIpc) is 2.84. The van der Waals surface area contributed by atoms with Crippen LogP contribution in [0.5, 0.6) is 11.5 Å². The van der Waals surface area contributed by atoms with Gasteiger partial charge in [-0.2, -0.15) is 8.78 Å². The van der Waals surface area contributed by atoms with E-state index < -0.39 is 6.61 Å². The lowest BCUT2D eigenvalue weighted by Crippen LogP contribution is -2.39. The highest BCUT2D eigenvalue weighted by molar-refractivity contribution is 5.55. The van der Waals surface area contributed by atoms with E-state index in [-0.39, 0.29) is 5.75 Å². The molecule has 1 aromatic carbocycles. The first kappa shape index (κ1) is 14.4. The van der Waals surface area contributed by atoms with Crippen LogP contribution >= 0.6 is 0 Å². The molecule has 3 atom stereocenters. The van der Waals surface area contributed by atoms with Gasteiger partial charge in [-0.15, -0.1) is 0 Å². The summed E-state index contributed by atoms with van der Waals surface area (Å²) in [6, 6.07) is 5.49. The van der Waals surface area contributed by atoms with E-state index >= 15 is 0 Å². The number of rotatable bonds is 5. The Labute approximate surface area is 123 Å². The first-order valence-corrected chi connectivity index (χ1v) is 7.27. The molecule has 3 rings (SSSR count). The van der Waals surface area contributed by atoms with Crippen molar-refractivity contribution in [2.45, 2.75) is 25.5 Å². The van der Waals surface area contributed by atoms with Gasteiger partial charge >= 0.3 is 6.61 Å². The summed E-state index contributed by atoms with van der Waals surface area (Å²) in [5, 5.41) is 3.47. The third-order valence-electron chi connectivity index (χ3n) is 4.37. The molecule has 2 saturated heterocycles. The van der Waals surface area contributed by atoms with E-state index in [2.05, 4.69) is 15.0 Å². The van der Waals surface area contributed by atoms with Crippen molar-refractivity contribution >= 4 is 5.69 Å². The molecule has 21 heavy (non-hydrogen) atoms. The van der Waals surface area contributed by atoms with Crippen molar-refractivity contribution < 1.29 is 18.3 Å². The fourth-order valence-corrected chi connectivity index (χ4v) is 3.31. The monoisotopic (exact) mass is 298 g/mol. The first-order valence-electron chi connectivity index (χ1n) is 7.27. The molecule has 0 spiro atoms. The number of hydrogen-bond donors (Lipinski definition) is 1. The van der Waals surface area contributed by atoms with Gasteiger partial charge in [0, 0.05) is 30.9 Å². The molecule has 0 amide bonds. The highest BCUT2D eigenvalue weighted by atomic mass is 19.3. The van der Waals surface area contributed by atoms with Crippen LogP contribution < -0.4 is 14.8 Å². The van der Waals surface area contributed by atoms with Gasteiger partial charge in [0.1, 0.15) is 0 Å². The minimum absolute atomic E-state index is 0.0707. The molecule has 0 saturated carbocycles. The van der Waals surface area contributed by atoms with Crippen LogP contribution in [-0.2, 0) is 0 Å². The molecular formula is C15H20F2N2O2. The molecule has 116 valence electrons. The Kier molecular flexibility index (Phi) is 4.14. The van der Waals surface area contributed by atoms with Gasteiger partial charge in [-0.25, -0.2) is 0 Å². The van der Waals surface area contributed by atoms with E-state index in [1.165, 1.54) is 20.1 Å². The summed E-state index contributed by atoms with van der Waals surface area (Å²) in [6.45, 7) is 0.552. The van der Waals surface area contributed by atoms with Gasteiger partial charge in [0.25, 0.3) is 0 Å². The maximum absolute atomic E-state index is 12.4. The normalized spacial score (nSPS) is 27.7. The summed E-state index contributed by atoms with van der Waals surface area (Å²) in [5.41, 5.74) is 0.803. The number of nitrogens with one attached hydrogen (secondary N) is 1. The number of halogens is 2. The second-order valence-corrected chi connectivity index (χ2v) is 5.63. The van der Waals surface area contributed by atoms with Gasteiger partial charge in [-0.05, 0) is 37.4 Å². The lowest BCUT2D eigenvalue weighted by molar-refractivity contribution is -0.0511. The van der Waals surface area contributed by atoms with E-state index in [4.69, 9.17) is 4.74 Å². The first-order chi connectivity index (χ1) is 10.2. The highest BCUT2D eigenvalue weighted by Gasteiger charge is 2.34. The van der Waals surface area contributed by atoms with Crippen molar-refractivity contribution in [2.75, 3.05) is 32.1 Å². The Morgan fingerprint density at radius 1 is 1.24 bits per heavy atom. The number of alkyl halides is 2. The van der Waals surface area contributed by atoms with E-state index in [0.29, 0.717) is 17.7 Å². The number of benzene rings is 1. The molecule has 0 aliphatic carbocycles. The van der Waals surface area contributed by atoms with Gasteiger partial charge in [0.2, 0.25) is 0 Å². The van der Waals surface area contributed by atoms with Crippen molar-refractivity contribution in [3.05, 3.63) is 18.2 Å². The lowest BCUT2D eigenvalue weighted by atomic mass is 9.94. The molecule has 0 aromatic heterocycles. The topological polar surface area (TPSA) is 33.7 Å². The second-order valence-electron chi connectivity index (χ2n) is 5.63. The molecule has 0 radical (unpaired) electrons. The van der Waals surface area contributed by atoms with Crippen LogP contribution in [0.15, 0.2) is 18.2 Å². The number of nitrogens with zero attached hydrogens (tertiary/aromatic N) is 1. The molecule has 3 unspecified atom stereocenters. The number of anilines is 1. The second kappa shape index (κ2) is 6.05. The van der Waals surface area contributed by atoms with Gasteiger partial charge in [0.15, 0.2) is 11.5 Å². The molecular weight excluding hydrogens is 278 g/mol. The van der Waals surface area contributed by atoms with Crippen LogP contribution in [-0.4, -0.2) is 44.3 Å². The molecule has 2 fully saturated rings. The van der Waals surface area contributed by atoms with E-state index in [1.54, 1.807) is 12.1 Å². The van der Waals surface area contributed by atoms with Gasteiger partial charge in [-0.3, -0.25) is 0 Å². The quantitative estimate of drug-likeness (QED) is 0.906. The smallest absolute Gasteiger partial charge is 0.387 e. The summed E-state index contributed by atoms with van der Waals surface area (Å²) in [6.07, 6.45) is 2.29. The van der Waals surface area contributed by atoms with Crippen molar-refractivity contribution in [1.82, 2.24) is 4.90 Å². The molecule has 1 N–H and O–H groups in total.